The fourth-order valence-corrected chi connectivity index (χ4v) is 4.05. The Morgan fingerprint density at radius 3 is 2.55 bits per heavy atom. The van der Waals surface area contributed by atoms with Crippen LogP contribution in [0.5, 0.6) is 0 Å². The number of nitrogens with zero attached hydrogens (tertiary/aromatic N) is 4. The second-order valence-corrected chi connectivity index (χ2v) is 7.68. The van der Waals surface area contributed by atoms with Crippen molar-refractivity contribution in [1.82, 2.24) is 19.5 Å². The first-order valence-electron chi connectivity index (χ1n) is 9.12. The van der Waals surface area contributed by atoms with Gasteiger partial charge in [-0.3, -0.25) is 9.36 Å². The molecule has 0 bridgehead atoms. The summed E-state index contributed by atoms with van der Waals surface area (Å²) in [5.41, 5.74) is 13.9. The molecule has 0 aliphatic heterocycles. The fourth-order valence-electron chi connectivity index (χ4n) is 3.19. The molecule has 0 atom stereocenters. The highest BCUT2D eigenvalue weighted by molar-refractivity contribution is 7.99. The van der Waals surface area contributed by atoms with Crippen molar-refractivity contribution in [1.29, 1.82) is 0 Å². The van der Waals surface area contributed by atoms with Crippen LogP contribution >= 0.6 is 11.8 Å². The Morgan fingerprint density at radius 2 is 1.76 bits per heavy atom. The summed E-state index contributed by atoms with van der Waals surface area (Å²) >= 11 is 1.50. The summed E-state index contributed by atoms with van der Waals surface area (Å²) in [7, 11) is 0. The van der Waals surface area contributed by atoms with Crippen LogP contribution < -0.4 is 17.0 Å². The molecule has 2 aromatic carbocycles. The molecule has 4 aromatic rings. The molecule has 8 heteroatoms. The lowest BCUT2D eigenvalue weighted by atomic mass is 10.1. The smallest absolute Gasteiger partial charge is 0.265 e. The second-order valence-electron chi connectivity index (χ2n) is 6.56. The monoisotopic (exact) mass is 404 g/mol. The number of aryl methyl sites for hydroxylation is 2. The molecule has 0 fully saturated rings. The van der Waals surface area contributed by atoms with E-state index in [0.29, 0.717) is 39.7 Å². The van der Waals surface area contributed by atoms with E-state index in [1.165, 1.54) is 11.8 Å². The number of nitrogens with two attached hydrogens (primary N) is 2. The van der Waals surface area contributed by atoms with Crippen molar-refractivity contribution in [3.63, 3.8) is 0 Å². The molecule has 0 amide bonds. The third-order valence-electron chi connectivity index (χ3n) is 4.52. The first kappa shape index (κ1) is 18.9. The maximum absolute atomic E-state index is 13.3. The van der Waals surface area contributed by atoms with Gasteiger partial charge < -0.3 is 11.5 Å². The van der Waals surface area contributed by atoms with Crippen LogP contribution in [0.4, 0.5) is 11.8 Å². The topological polar surface area (TPSA) is 113 Å². The number of para-hydroxylation sites is 2. The molecule has 0 saturated carbocycles. The number of nitrogen functional groups attached to an aromatic ring is 2. The van der Waals surface area contributed by atoms with Gasteiger partial charge >= 0.3 is 0 Å². The number of benzene rings is 2. The standard InChI is InChI=1S/C21H20N6OS/c1-13-6-2-5-9-16(13)27-18(24-15-8-4-3-7-14(15)20(27)28)10-11-29-19-12-17(22)25-21(23)26-19/h2-9,12H,10-11H2,1H3,(H4,22,23,25,26). The summed E-state index contributed by atoms with van der Waals surface area (Å²) in [5, 5.41) is 1.30. The summed E-state index contributed by atoms with van der Waals surface area (Å²) in [6.45, 7) is 1.99. The van der Waals surface area contributed by atoms with Crippen molar-refractivity contribution in [2.24, 2.45) is 0 Å². The first-order chi connectivity index (χ1) is 14.0. The average Bonchev–Trinajstić information content (AvgIpc) is 2.68. The van der Waals surface area contributed by atoms with Gasteiger partial charge in [-0.2, -0.15) is 4.98 Å². The lowest BCUT2D eigenvalue weighted by molar-refractivity contribution is 0.832. The Morgan fingerprint density at radius 1 is 1.00 bits per heavy atom. The molecule has 29 heavy (non-hydrogen) atoms. The van der Waals surface area contributed by atoms with Crippen LogP contribution in [-0.4, -0.2) is 25.3 Å². The van der Waals surface area contributed by atoms with Gasteiger partial charge in [0.05, 0.1) is 16.6 Å². The zero-order valence-electron chi connectivity index (χ0n) is 15.9. The van der Waals surface area contributed by atoms with E-state index in [1.807, 2.05) is 55.5 Å². The average molecular weight is 404 g/mol. The minimum atomic E-state index is -0.0691. The van der Waals surface area contributed by atoms with Crippen LogP contribution in [0.1, 0.15) is 11.4 Å². The van der Waals surface area contributed by atoms with Crippen LogP contribution in [0.2, 0.25) is 0 Å². The van der Waals surface area contributed by atoms with Gasteiger partial charge in [-0.25, -0.2) is 9.97 Å². The molecule has 0 radical (unpaired) electrons. The predicted octanol–water partition coefficient (Wildman–Crippen LogP) is 2.98. The molecule has 7 nitrogen and oxygen atoms in total. The Balaban J connectivity index is 1.73. The molecule has 4 rings (SSSR count). The maximum atomic E-state index is 13.3. The summed E-state index contributed by atoms with van der Waals surface area (Å²) < 4.78 is 1.71. The van der Waals surface area contributed by atoms with Gasteiger partial charge in [0.25, 0.3) is 5.56 Å². The predicted molar refractivity (Wildman–Crippen MR) is 117 cm³/mol. The van der Waals surface area contributed by atoms with E-state index in [0.717, 1.165) is 11.3 Å². The summed E-state index contributed by atoms with van der Waals surface area (Å²) in [6.07, 6.45) is 0.572. The van der Waals surface area contributed by atoms with Gasteiger partial charge in [0, 0.05) is 18.2 Å². The van der Waals surface area contributed by atoms with Crippen molar-refractivity contribution in [3.05, 3.63) is 76.3 Å². The van der Waals surface area contributed by atoms with Crippen LogP contribution in [-0.2, 0) is 6.42 Å². The van der Waals surface area contributed by atoms with E-state index in [9.17, 15) is 4.79 Å². The molecule has 0 aliphatic carbocycles. The number of anilines is 2. The number of hydrogen-bond donors (Lipinski definition) is 2. The van der Waals surface area contributed by atoms with Crippen molar-refractivity contribution >= 4 is 34.4 Å². The Hall–Kier alpha value is -3.39. The largest absolute Gasteiger partial charge is 0.383 e. The number of fused-ring (bicyclic) bond motifs is 1. The minimum Gasteiger partial charge on any atom is -0.383 e. The zero-order valence-corrected chi connectivity index (χ0v) is 16.7. The molecule has 2 aromatic heterocycles. The second kappa shape index (κ2) is 7.92. The lowest BCUT2D eigenvalue weighted by Crippen LogP contribution is -2.25. The SMILES string of the molecule is Cc1ccccc1-n1c(CCSc2cc(N)nc(N)n2)nc2ccccc2c1=O. The first-order valence-corrected chi connectivity index (χ1v) is 10.1. The van der Waals surface area contributed by atoms with Gasteiger partial charge in [0.1, 0.15) is 16.7 Å². The summed E-state index contributed by atoms with van der Waals surface area (Å²) in [6, 6.07) is 16.9. The fraction of sp³-hybridized carbons (Fsp3) is 0.143. The highest BCUT2D eigenvalue weighted by Crippen LogP contribution is 2.21. The van der Waals surface area contributed by atoms with Crippen LogP contribution in [0.3, 0.4) is 0 Å². The summed E-state index contributed by atoms with van der Waals surface area (Å²) in [4.78, 5) is 26.1. The highest BCUT2D eigenvalue weighted by atomic mass is 32.2. The molecule has 0 spiro atoms. The van der Waals surface area contributed by atoms with Crippen LogP contribution in [0.15, 0.2) is 64.4 Å². The quantitative estimate of drug-likeness (QED) is 0.388. The zero-order chi connectivity index (χ0) is 20.4. The van der Waals surface area contributed by atoms with Crippen molar-refractivity contribution in [2.75, 3.05) is 17.2 Å². The molecule has 2 heterocycles. The van der Waals surface area contributed by atoms with Crippen LogP contribution in [0.25, 0.3) is 16.6 Å². The van der Waals surface area contributed by atoms with Gasteiger partial charge in [0.15, 0.2) is 0 Å². The Bertz CT molecular complexity index is 1230. The Labute approximate surface area is 171 Å². The van der Waals surface area contributed by atoms with Crippen molar-refractivity contribution in [3.8, 4) is 5.69 Å². The molecule has 146 valence electrons. The van der Waals surface area contributed by atoms with Gasteiger partial charge in [-0.1, -0.05) is 30.3 Å². The Kier molecular flexibility index (Phi) is 5.18. The molecule has 0 aliphatic rings. The van der Waals surface area contributed by atoms with E-state index in [2.05, 4.69) is 9.97 Å². The number of rotatable bonds is 5. The van der Waals surface area contributed by atoms with Crippen molar-refractivity contribution in [2.45, 2.75) is 18.4 Å². The van der Waals surface area contributed by atoms with E-state index < -0.39 is 0 Å². The van der Waals surface area contributed by atoms with E-state index in [-0.39, 0.29) is 11.5 Å². The van der Waals surface area contributed by atoms with E-state index in [4.69, 9.17) is 16.5 Å². The van der Waals surface area contributed by atoms with Gasteiger partial charge in [0.2, 0.25) is 5.95 Å². The van der Waals surface area contributed by atoms with Gasteiger partial charge in [-0.15, -0.1) is 11.8 Å². The summed E-state index contributed by atoms with van der Waals surface area (Å²) in [5.74, 6) is 1.84. The van der Waals surface area contributed by atoms with Crippen LogP contribution in [0, 0.1) is 6.92 Å². The molecule has 4 N–H and O–H groups in total. The number of thioether (sulfide) groups is 1. The maximum Gasteiger partial charge on any atom is 0.265 e. The third kappa shape index (κ3) is 3.93. The highest BCUT2D eigenvalue weighted by Gasteiger charge is 2.14. The molecule has 0 saturated heterocycles. The normalized spacial score (nSPS) is 11.1. The molecule has 0 unspecified atom stereocenters. The third-order valence-corrected chi connectivity index (χ3v) is 5.43. The molecular formula is C21H20N6OS. The minimum absolute atomic E-state index is 0.0691. The van der Waals surface area contributed by atoms with Crippen molar-refractivity contribution < 1.29 is 0 Å². The molecular weight excluding hydrogens is 384 g/mol. The number of aromatic nitrogens is 4. The van der Waals surface area contributed by atoms with Gasteiger partial charge in [-0.05, 0) is 30.7 Å². The van der Waals surface area contributed by atoms with E-state index >= 15 is 0 Å². The van der Waals surface area contributed by atoms with E-state index in [1.54, 1.807) is 10.6 Å². The number of hydrogen-bond acceptors (Lipinski definition) is 7. The lowest BCUT2D eigenvalue weighted by Gasteiger charge is -2.15.